The normalized spacial score (nSPS) is 12.7. The minimum absolute atomic E-state index is 0.120. The Morgan fingerprint density at radius 1 is 1.19 bits per heavy atom. The van der Waals surface area contributed by atoms with Crippen LogP contribution >= 0.6 is 23.4 Å². The highest BCUT2D eigenvalue weighted by molar-refractivity contribution is 7.99. The van der Waals surface area contributed by atoms with Crippen LogP contribution in [0.15, 0.2) is 58.5 Å². The highest BCUT2D eigenvalue weighted by Gasteiger charge is 2.07. The minimum atomic E-state index is 0.120. The lowest BCUT2D eigenvalue weighted by Crippen LogP contribution is -2.17. The number of H-pyrrole nitrogens is 1. The van der Waals surface area contributed by atoms with E-state index in [-0.39, 0.29) is 6.04 Å². The number of benzene rings is 2. The Bertz CT molecular complexity index is 731. The smallest absolute Gasteiger partial charge is 0.0780 e. The summed E-state index contributed by atoms with van der Waals surface area (Å²) in [5.41, 5.74) is 8.09. The third kappa shape index (κ3) is 3.43. The summed E-state index contributed by atoms with van der Waals surface area (Å²) in [5.74, 6) is 0. The van der Waals surface area contributed by atoms with Crippen LogP contribution < -0.4 is 5.73 Å². The van der Waals surface area contributed by atoms with Crippen LogP contribution in [0.5, 0.6) is 0 Å². The fourth-order valence-corrected chi connectivity index (χ4v) is 3.57. The maximum atomic E-state index is 6.34. The average molecular weight is 317 g/mol. The van der Waals surface area contributed by atoms with Gasteiger partial charge in [-0.3, -0.25) is 0 Å². The first-order chi connectivity index (χ1) is 10.1. The Kier molecular flexibility index (Phi) is 4.24. The van der Waals surface area contributed by atoms with Crippen LogP contribution in [-0.4, -0.2) is 11.0 Å². The summed E-state index contributed by atoms with van der Waals surface area (Å²) in [5, 5.41) is 3.13. The van der Waals surface area contributed by atoms with Gasteiger partial charge in [-0.15, -0.1) is 0 Å². The molecule has 1 atom stereocenters. The summed E-state index contributed by atoms with van der Waals surface area (Å²) in [7, 11) is 0. The lowest BCUT2D eigenvalue weighted by atomic mass is 10.1. The molecular formula is C17H17ClN2S. The molecule has 1 unspecified atom stereocenters. The molecule has 0 spiro atoms. The second kappa shape index (κ2) is 6.14. The largest absolute Gasteiger partial charge is 0.349 e. The third-order valence-electron chi connectivity index (χ3n) is 3.30. The molecule has 21 heavy (non-hydrogen) atoms. The van der Waals surface area contributed by atoms with E-state index in [0.29, 0.717) is 0 Å². The fraction of sp³-hybridized carbons (Fsp3) is 0.176. The molecule has 2 aromatic carbocycles. The Hall–Kier alpha value is -1.42. The van der Waals surface area contributed by atoms with Crippen LogP contribution in [0.25, 0.3) is 10.9 Å². The standard InChI is InChI=1S/C17H17ClN2S/c1-11(19)8-12-6-7-14(10-15(12)18)21-17-9-13-4-2-3-5-16(13)20-17/h2-7,9-11,20H,8,19H2,1H3. The maximum absolute atomic E-state index is 6.34. The molecule has 0 bridgehead atoms. The van der Waals surface area contributed by atoms with Gasteiger partial charge in [0.05, 0.1) is 5.03 Å². The van der Waals surface area contributed by atoms with Crippen LogP contribution in [0.4, 0.5) is 0 Å². The van der Waals surface area contributed by atoms with E-state index in [1.54, 1.807) is 11.8 Å². The van der Waals surface area contributed by atoms with Crippen molar-refractivity contribution in [1.29, 1.82) is 0 Å². The van der Waals surface area contributed by atoms with Crippen LogP contribution in [0.2, 0.25) is 5.02 Å². The number of hydrogen-bond acceptors (Lipinski definition) is 2. The number of para-hydroxylation sites is 1. The maximum Gasteiger partial charge on any atom is 0.0780 e. The second-order valence-electron chi connectivity index (χ2n) is 5.26. The summed E-state index contributed by atoms with van der Waals surface area (Å²) >= 11 is 8.02. The zero-order valence-electron chi connectivity index (χ0n) is 11.8. The molecule has 1 heterocycles. The zero-order valence-corrected chi connectivity index (χ0v) is 13.3. The van der Waals surface area contributed by atoms with E-state index in [9.17, 15) is 0 Å². The van der Waals surface area contributed by atoms with Crippen molar-refractivity contribution in [2.24, 2.45) is 5.73 Å². The topological polar surface area (TPSA) is 41.8 Å². The van der Waals surface area contributed by atoms with Crippen LogP contribution in [0.1, 0.15) is 12.5 Å². The second-order valence-corrected chi connectivity index (χ2v) is 6.78. The van der Waals surface area contributed by atoms with Crippen molar-refractivity contribution in [2.75, 3.05) is 0 Å². The number of fused-ring (bicyclic) bond motifs is 1. The molecule has 3 rings (SSSR count). The molecule has 0 fully saturated rings. The van der Waals surface area contributed by atoms with Gasteiger partial charge in [-0.05, 0) is 43.2 Å². The number of nitrogens with two attached hydrogens (primary N) is 1. The summed E-state index contributed by atoms with van der Waals surface area (Å²) < 4.78 is 0. The predicted molar refractivity (Wildman–Crippen MR) is 91.2 cm³/mol. The molecule has 108 valence electrons. The van der Waals surface area contributed by atoms with E-state index in [2.05, 4.69) is 35.3 Å². The van der Waals surface area contributed by atoms with Crippen LogP contribution in [0, 0.1) is 0 Å². The molecule has 1 aromatic heterocycles. The van der Waals surface area contributed by atoms with Gasteiger partial charge in [-0.2, -0.15) is 0 Å². The average Bonchev–Trinajstić information content (AvgIpc) is 2.83. The number of nitrogens with one attached hydrogen (secondary N) is 1. The van der Waals surface area contributed by atoms with E-state index in [0.717, 1.165) is 32.4 Å². The lowest BCUT2D eigenvalue weighted by Gasteiger charge is -2.08. The summed E-state index contributed by atoms with van der Waals surface area (Å²) in [6, 6.07) is 16.7. The van der Waals surface area contributed by atoms with Crippen LogP contribution in [-0.2, 0) is 6.42 Å². The summed E-state index contributed by atoms with van der Waals surface area (Å²) in [6.45, 7) is 1.99. The monoisotopic (exact) mass is 316 g/mol. The molecule has 0 saturated carbocycles. The molecule has 2 nitrogen and oxygen atoms in total. The number of rotatable bonds is 4. The third-order valence-corrected chi connectivity index (χ3v) is 4.58. The van der Waals surface area contributed by atoms with Gasteiger partial charge in [0.1, 0.15) is 0 Å². The SMILES string of the molecule is CC(N)Cc1ccc(Sc2cc3ccccc3[nH]2)cc1Cl. The quantitative estimate of drug-likeness (QED) is 0.721. The van der Waals surface area contributed by atoms with E-state index in [1.807, 2.05) is 25.1 Å². The molecule has 3 N–H and O–H groups in total. The Balaban J connectivity index is 1.82. The molecule has 0 radical (unpaired) electrons. The van der Waals surface area contributed by atoms with Gasteiger partial charge >= 0.3 is 0 Å². The van der Waals surface area contributed by atoms with Gasteiger partial charge in [-0.25, -0.2) is 0 Å². The number of aromatic nitrogens is 1. The van der Waals surface area contributed by atoms with E-state index < -0.39 is 0 Å². The molecular weight excluding hydrogens is 300 g/mol. The first kappa shape index (κ1) is 14.5. The van der Waals surface area contributed by atoms with Crippen molar-refractivity contribution >= 4 is 34.3 Å². The predicted octanol–water partition coefficient (Wildman–Crippen LogP) is 4.86. The fourth-order valence-electron chi connectivity index (χ4n) is 2.33. The van der Waals surface area contributed by atoms with Gasteiger partial charge in [0.25, 0.3) is 0 Å². The van der Waals surface area contributed by atoms with Gasteiger partial charge in [-0.1, -0.05) is 47.6 Å². The van der Waals surface area contributed by atoms with Crippen molar-refractivity contribution in [2.45, 2.75) is 29.3 Å². The van der Waals surface area contributed by atoms with Gasteiger partial charge in [0, 0.05) is 26.9 Å². The van der Waals surface area contributed by atoms with Crippen molar-refractivity contribution in [3.05, 3.63) is 59.1 Å². The number of halogens is 1. The van der Waals surface area contributed by atoms with Crippen LogP contribution in [0.3, 0.4) is 0 Å². The molecule has 0 aliphatic rings. The zero-order chi connectivity index (χ0) is 14.8. The van der Waals surface area contributed by atoms with E-state index >= 15 is 0 Å². The Labute approximate surface area is 133 Å². The minimum Gasteiger partial charge on any atom is -0.349 e. The van der Waals surface area contributed by atoms with Crippen molar-refractivity contribution < 1.29 is 0 Å². The summed E-state index contributed by atoms with van der Waals surface area (Å²) in [4.78, 5) is 4.54. The van der Waals surface area contributed by atoms with Crippen molar-refractivity contribution in [3.63, 3.8) is 0 Å². The van der Waals surface area contributed by atoms with E-state index in [4.69, 9.17) is 17.3 Å². The molecule has 0 aliphatic carbocycles. The lowest BCUT2D eigenvalue weighted by molar-refractivity contribution is 0.738. The molecule has 0 saturated heterocycles. The highest BCUT2D eigenvalue weighted by atomic mass is 35.5. The summed E-state index contributed by atoms with van der Waals surface area (Å²) in [6.07, 6.45) is 0.802. The molecule has 0 amide bonds. The number of hydrogen-bond donors (Lipinski definition) is 2. The Morgan fingerprint density at radius 2 is 2.00 bits per heavy atom. The van der Waals surface area contributed by atoms with Crippen molar-refractivity contribution in [3.8, 4) is 0 Å². The molecule has 3 aromatic rings. The van der Waals surface area contributed by atoms with Crippen molar-refractivity contribution in [1.82, 2.24) is 4.98 Å². The molecule has 4 heteroatoms. The van der Waals surface area contributed by atoms with Gasteiger partial charge in [0.2, 0.25) is 0 Å². The van der Waals surface area contributed by atoms with Gasteiger partial charge < -0.3 is 10.7 Å². The first-order valence-electron chi connectivity index (χ1n) is 6.91. The number of aromatic amines is 1. The van der Waals surface area contributed by atoms with E-state index in [1.165, 1.54) is 5.39 Å². The highest BCUT2D eigenvalue weighted by Crippen LogP contribution is 2.32. The van der Waals surface area contributed by atoms with Gasteiger partial charge in [0.15, 0.2) is 0 Å². The Morgan fingerprint density at radius 3 is 2.71 bits per heavy atom. The molecule has 0 aliphatic heterocycles. The first-order valence-corrected chi connectivity index (χ1v) is 8.11.